The molecular formula is C18H29N3O2. The first kappa shape index (κ1) is 17.8. The monoisotopic (exact) mass is 319 g/mol. The maximum atomic E-state index is 12.2. The van der Waals surface area contributed by atoms with E-state index in [4.69, 9.17) is 0 Å². The van der Waals surface area contributed by atoms with E-state index in [1.54, 1.807) is 0 Å². The van der Waals surface area contributed by atoms with Crippen molar-refractivity contribution in [2.75, 3.05) is 27.2 Å². The average Bonchev–Trinajstić information content (AvgIpc) is 2.56. The molecule has 5 nitrogen and oxygen atoms in total. The first-order valence-corrected chi connectivity index (χ1v) is 8.48. The zero-order chi connectivity index (χ0) is 16.7. The van der Waals surface area contributed by atoms with E-state index in [2.05, 4.69) is 27.7 Å². The Labute approximate surface area is 139 Å². The van der Waals surface area contributed by atoms with Gasteiger partial charge in [0.05, 0.1) is 6.04 Å². The lowest BCUT2D eigenvalue weighted by atomic mass is 9.85. The molecule has 3 N–H and O–H groups in total. The summed E-state index contributed by atoms with van der Waals surface area (Å²) < 4.78 is 0. The van der Waals surface area contributed by atoms with Crippen molar-refractivity contribution in [2.24, 2.45) is 5.92 Å². The summed E-state index contributed by atoms with van der Waals surface area (Å²) in [6, 6.07) is 10.3. The molecule has 3 unspecified atom stereocenters. The largest absolute Gasteiger partial charge is 0.396 e. The van der Waals surface area contributed by atoms with Crippen LogP contribution in [0.15, 0.2) is 30.3 Å². The van der Waals surface area contributed by atoms with Gasteiger partial charge in [-0.2, -0.15) is 0 Å². The molecule has 1 saturated carbocycles. The Morgan fingerprint density at radius 3 is 2.61 bits per heavy atom. The van der Waals surface area contributed by atoms with Crippen LogP contribution in [0.5, 0.6) is 0 Å². The van der Waals surface area contributed by atoms with Crippen LogP contribution in [0.1, 0.15) is 37.3 Å². The second-order valence-electron chi connectivity index (χ2n) is 6.58. The predicted octanol–water partition coefficient (Wildman–Crippen LogP) is 2.14. The zero-order valence-corrected chi connectivity index (χ0v) is 14.2. The Balaban J connectivity index is 1.86. The lowest BCUT2D eigenvalue weighted by molar-refractivity contribution is 0.153. The van der Waals surface area contributed by atoms with Crippen LogP contribution in [0.25, 0.3) is 0 Å². The van der Waals surface area contributed by atoms with Crippen molar-refractivity contribution < 1.29 is 9.90 Å². The van der Waals surface area contributed by atoms with E-state index in [0.29, 0.717) is 6.54 Å². The number of carbonyl (C=O) groups excluding carboxylic acids is 1. The molecule has 1 aliphatic carbocycles. The molecule has 1 aromatic carbocycles. The van der Waals surface area contributed by atoms with Gasteiger partial charge in [-0.05, 0) is 32.5 Å². The Kier molecular flexibility index (Phi) is 6.86. The number of likely N-dealkylation sites (N-methyl/N-ethyl adjacent to an activating group) is 1. The van der Waals surface area contributed by atoms with Gasteiger partial charge >= 0.3 is 6.03 Å². The minimum absolute atomic E-state index is 0.0864. The number of amides is 2. The highest BCUT2D eigenvalue weighted by atomic mass is 16.3. The maximum absolute atomic E-state index is 12.2. The van der Waals surface area contributed by atoms with Crippen molar-refractivity contribution in [3.63, 3.8) is 0 Å². The minimum Gasteiger partial charge on any atom is -0.396 e. The van der Waals surface area contributed by atoms with Crippen molar-refractivity contribution in [3.8, 4) is 0 Å². The van der Waals surface area contributed by atoms with E-state index in [1.807, 2.05) is 32.3 Å². The molecule has 1 aliphatic rings. The molecule has 128 valence electrons. The van der Waals surface area contributed by atoms with E-state index < -0.39 is 0 Å². The van der Waals surface area contributed by atoms with Gasteiger partial charge in [0.15, 0.2) is 0 Å². The summed E-state index contributed by atoms with van der Waals surface area (Å²) in [4.78, 5) is 14.3. The van der Waals surface area contributed by atoms with Gasteiger partial charge in [-0.15, -0.1) is 0 Å². The third kappa shape index (κ3) is 5.22. The number of urea groups is 1. The Morgan fingerprint density at radius 2 is 1.96 bits per heavy atom. The van der Waals surface area contributed by atoms with Crippen LogP contribution in [-0.2, 0) is 0 Å². The second-order valence-corrected chi connectivity index (χ2v) is 6.58. The number of nitrogens with zero attached hydrogens (tertiary/aromatic N) is 1. The number of aliphatic hydroxyl groups excluding tert-OH is 1. The SMILES string of the molecule is CN(C)C(CNC(=O)NC1CCCCC1CO)c1ccccc1. The first-order chi connectivity index (χ1) is 11.1. The number of hydrogen-bond acceptors (Lipinski definition) is 3. The highest BCUT2D eigenvalue weighted by Crippen LogP contribution is 2.24. The standard InChI is InChI=1S/C18H29N3O2/c1-21(2)17(14-8-4-3-5-9-14)12-19-18(23)20-16-11-7-6-10-15(16)13-22/h3-5,8-9,15-17,22H,6-7,10-13H2,1-2H3,(H2,19,20,23). The smallest absolute Gasteiger partial charge is 0.315 e. The van der Waals surface area contributed by atoms with Gasteiger partial charge in [0.1, 0.15) is 0 Å². The highest BCUT2D eigenvalue weighted by molar-refractivity contribution is 5.74. The molecule has 0 saturated heterocycles. The molecule has 0 spiro atoms. The normalized spacial score (nSPS) is 22.6. The quantitative estimate of drug-likeness (QED) is 0.753. The van der Waals surface area contributed by atoms with Crippen molar-refractivity contribution in [3.05, 3.63) is 35.9 Å². The fraction of sp³-hybridized carbons (Fsp3) is 0.611. The van der Waals surface area contributed by atoms with Crippen molar-refractivity contribution in [2.45, 2.75) is 37.8 Å². The van der Waals surface area contributed by atoms with E-state index >= 15 is 0 Å². The second kappa shape index (κ2) is 8.89. The number of benzene rings is 1. The molecule has 1 fully saturated rings. The van der Waals surface area contributed by atoms with Crippen LogP contribution >= 0.6 is 0 Å². The Bertz CT molecular complexity index is 478. The topological polar surface area (TPSA) is 64.6 Å². The predicted molar refractivity (Wildman–Crippen MR) is 92.2 cm³/mol. The molecule has 0 aliphatic heterocycles. The Morgan fingerprint density at radius 1 is 1.26 bits per heavy atom. The minimum atomic E-state index is -0.141. The summed E-state index contributed by atoms with van der Waals surface area (Å²) in [5, 5.41) is 15.5. The van der Waals surface area contributed by atoms with Gasteiger partial charge in [-0.1, -0.05) is 43.2 Å². The van der Waals surface area contributed by atoms with Gasteiger partial charge < -0.3 is 20.6 Å². The molecular weight excluding hydrogens is 290 g/mol. The van der Waals surface area contributed by atoms with Crippen molar-refractivity contribution in [1.29, 1.82) is 0 Å². The summed E-state index contributed by atoms with van der Waals surface area (Å²) >= 11 is 0. The fourth-order valence-electron chi connectivity index (χ4n) is 3.30. The lowest BCUT2D eigenvalue weighted by Gasteiger charge is -2.31. The van der Waals surface area contributed by atoms with Crippen molar-refractivity contribution >= 4 is 6.03 Å². The van der Waals surface area contributed by atoms with Gasteiger partial charge in [-0.3, -0.25) is 0 Å². The number of rotatable bonds is 6. The Hall–Kier alpha value is -1.59. The summed E-state index contributed by atoms with van der Waals surface area (Å²) in [6.07, 6.45) is 4.20. The molecule has 0 radical (unpaired) electrons. The molecule has 0 bridgehead atoms. The molecule has 3 atom stereocenters. The van der Waals surface area contributed by atoms with Gasteiger partial charge in [0.25, 0.3) is 0 Å². The van der Waals surface area contributed by atoms with Crippen LogP contribution < -0.4 is 10.6 Å². The highest BCUT2D eigenvalue weighted by Gasteiger charge is 2.26. The lowest BCUT2D eigenvalue weighted by Crippen LogP contribution is -2.49. The zero-order valence-electron chi connectivity index (χ0n) is 14.2. The molecule has 2 amide bonds. The van der Waals surface area contributed by atoms with Crippen LogP contribution in [0, 0.1) is 5.92 Å². The third-order valence-corrected chi connectivity index (χ3v) is 4.72. The molecule has 0 heterocycles. The molecule has 2 rings (SSSR count). The summed E-state index contributed by atoms with van der Waals surface area (Å²) in [6.45, 7) is 0.703. The average molecular weight is 319 g/mol. The van der Waals surface area contributed by atoms with Crippen LogP contribution in [0.2, 0.25) is 0 Å². The van der Waals surface area contributed by atoms with Crippen LogP contribution in [-0.4, -0.2) is 49.3 Å². The number of carbonyl (C=O) groups is 1. The number of hydrogen-bond donors (Lipinski definition) is 3. The fourth-order valence-corrected chi connectivity index (χ4v) is 3.30. The van der Waals surface area contributed by atoms with E-state index in [-0.39, 0.29) is 30.6 Å². The van der Waals surface area contributed by atoms with Crippen molar-refractivity contribution in [1.82, 2.24) is 15.5 Å². The van der Waals surface area contributed by atoms with E-state index in [0.717, 1.165) is 25.7 Å². The molecule has 1 aromatic rings. The molecule has 23 heavy (non-hydrogen) atoms. The maximum Gasteiger partial charge on any atom is 0.315 e. The summed E-state index contributed by atoms with van der Waals surface area (Å²) in [7, 11) is 4.03. The number of nitrogens with one attached hydrogen (secondary N) is 2. The van der Waals surface area contributed by atoms with Gasteiger partial charge in [0, 0.05) is 25.1 Å². The van der Waals surface area contributed by atoms with Gasteiger partial charge in [-0.25, -0.2) is 4.79 Å². The molecule has 0 aromatic heterocycles. The number of aliphatic hydroxyl groups is 1. The van der Waals surface area contributed by atoms with E-state index in [1.165, 1.54) is 5.56 Å². The summed E-state index contributed by atoms with van der Waals surface area (Å²) in [5.74, 6) is 0.188. The van der Waals surface area contributed by atoms with Crippen LogP contribution in [0.3, 0.4) is 0 Å². The van der Waals surface area contributed by atoms with Crippen LogP contribution in [0.4, 0.5) is 4.79 Å². The van der Waals surface area contributed by atoms with E-state index in [9.17, 15) is 9.90 Å². The summed E-state index contributed by atoms with van der Waals surface area (Å²) in [5.41, 5.74) is 1.18. The first-order valence-electron chi connectivity index (χ1n) is 8.48. The molecule has 5 heteroatoms. The third-order valence-electron chi connectivity index (χ3n) is 4.72. The van der Waals surface area contributed by atoms with Gasteiger partial charge in [0.2, 0.25) is 0 Å².